The molecule has 0 fully saturated rings. The molecule has 0 saturated heterocycles. The minimum Gasteiger partial charge on any atom is -0.496 e. The first-order valence-corrected chi connectivity index (χ1v) is 10.9. The zero-order valence-corrected chi connectivity index (χ0v) is 19.9. The maximum atomic E-state index is 14.1. The van der Waals surface area contributed by atoms with Crippen LogP contribution in [-0.4, -0.2) is 20.1 Å². The molecule has 5 nitrogen and oxygen atoms in total. The lowest BCUT2D eigenvalue weighted by Gasteiger charge is -2.14. The molecule has 0 aliphatic carbocycles. The van der Waals surface area contributed by atoms with Crippen molar-refractivity contribution in [2.75, 3.05) is 19.5 Å². The molecule has 1 aromatic heterocycles. The Balaban J connectivity index is 1.78. The number of amides is 1. The molecule has 0 atom stereocenters. The fraction of sp³-hybridized carbons (Fsp3) is 0.148. The molecule has 4 rings (SSSR count). The standard InChI is InChI=1S/C27H23ClFNO4/c1-15(11-25(31)30-23-10-9-17(28)12-22(23)29)19-13-20-21(18-7-5-6-8-24(18)32-3)14-34-27(20)16(2)26(19)33-4/h5-14H,1-4H3,(H,30,31)/b15-11+. The van der Waals surface area contributed by atoms with Crippen LogP contribution >= 0.6 is 11.6 Å². The van der Waals surface area contributed by atoms with Crippen molar-refractivity contribution in [3.63, 3.8) is 0 Å². The third-order valence-electron chi connectivity index (χ3n) is 5.61. The summed E-state index contributed by atoms with van der Waals surface area (Å²) in [5, 5.41) is 3.66. The molecule has 34 heavy (non-hydrogen) atoms. The smallest absolute Gasteiger partial charge is 0.248 e. The molecule has 1 N–H and O–H groups in total. The van der Waals surface area contributed by atoms with Crippen molar-refractivity contribution in [3.05, 3.63) is 82.8 Å². The quantitative estimate of drug-likeness (QED) is 0.296. The molecule has 0 saturated carbocycles. The van der Waals surface area contributed by atoms with Gasteiger partial charge in [0.1, 0.15) is 22.9 Å². The van der Waals surface area contributed by atoms with Gasteiger partial charge in [0.25, 0.3) is 0 Å². The van der Waals surface area contributed by atoms with E-state index in [1.165, 1.54) is 18.2 Å². The van der Waals surface area contributed by atoms with Crippen LogP contribution in [0.2, 0.25) is 5.02 Å². The molecule has 1 heterocycles. The molecule has 7 heteroatoms. The normalized spacial score (nSPS) is 11.5. The number of ether oxygens (including phenoxy) is 2. The van der Waals surface area contributed by atoms with Gasteiger partial charge in [-0.15, -0.1) is 0 Å². The first-order chi connectivity index (χ1) is 16.3. The number of hydrogen-bond acceptors (Lipinski definition) is 4. The van der Waals surface area contributed by atoms with Gasteiger partial charge >= 0.3 is 0 Å². The summed E-state index contributed by atoms with van der Waals surface area (Å²) in [4.78, 5) is 12.6. The van der Waals surface area contributed by atoms with Crippen LogP contribution in [0.25, 0.3) is 27.7 Å². The predicted molar refractivity (Wildman–Crippen MR) is 133 cm³/mol. The highest BCUT2D eigenvalue weighted by Gasteiger charge is 2.20. The Morgan fingerprint density at radius 1 is 1.09 bits per heavy atom. The number of hydrogen-bond donors (Lipinski definition) is 1. The molecule has 0 aliphatic rings. The summed E-state index contributed by atoms with van der Waals surface area (Å²) in [6, 6.07) is 13.7. The van der Waals surface area contributed by atoms with E-state index in [1.807, 2.05) is 37.3 Å². The van der Waals surface area contributed by atoms with Gasteiger partial charge in [-0.2, -0.15) is 0 Å². The average Bonchev–Trinajstić information content (AvgIpc) is 3.25. The molecule has 0 aliphatic heterocycles. The minimum atomic E-state index is -0.610. The molecular weight excluding hydrogens is 457 g/mol. The molecule has 0 bridgehead atoms. The number of anilines is 1. The highest BCUT2D eigenvalue weighted by Crippen LogP contribution is 2.42. The van der Waals surface area contributed by atoms with Crippen LogP contribution in [-0.2, 0) is 4.79 Å². The second kappa shape index (κ2) is 9.61. The number of halogens is 2. The Kier molecular flexibility index (Phi) is 6.61. The van der Waals surface area contributed by atoms with E-state index in [4.69, 9.17) is 25.5 Å². The fourth-order valence-electron chi connectivity index (χ4n) is 3.98. The van der Waals surface area contributed by atoms with Crippen LogP contribution in [0.4, 0.5) is 10.1 Å². The maximum absolute atomic E-state index is 14.1. The molecule has 1 amide bonds. The van der Waals surface area contributed by atoms with Gasteiger partial charge in [-0.3, -0.25) is 4.79 Å². The molecule has 3 aromatic carbocycles. The number of rotatable bonds is 6. The van der Waals surface area contributed by atoms with Gasteiger partial charge in [0.15, 0.2) is 0 Å². The van der Waals surface area contributed by atoms with Crippen molar-refractivity contribution in [1.29, 1.82) is 0 Å². The van der Waals surface area contributed by atoms with Gasteiger partial charge < -0.3 is 19.2 Å². The first kappa shape index (κ1) is 23.4. The summed E-state index contributed by atoms with van der Waals surface area (Å²) < 4.78 is 31.2. The molecule has 4 aromatic rings. The topological polar surface area (TPSA) is 60.7 Å². The zero-order chi connectivity index (χ0) is 24.4. The number of allylic oxidation sites excluding steroid dienone is 1. The van der Waals surface area contributed by atoms with Crippen LogP contribution in [0.15, 0.2) is 65.3 Å². The van der Waals surface area contributed by atoms with Crippen molar-refractivity contribution in [2.45, 2.75) is 13.8 Å². The van der Waals surface area contributed by atoms with Crippen molar-refractivity contribution < 1.29 is 23.1 Å². The third-order valence-corrected chi connectivity index (χ3v) is 5.84. The Hall–Kier alpha value is -3.77. The molecule has 174 valence electrons. The number of benzene rings is 3. The van der Waals surface area contributed by atoms with Crippen LogP contribution in [0.1, 0.15) is 18.1 Å². The van der Waals surface area contributed by atoms with E-state index in [-0.39, 0.29) is 10.7 Å². The van der Waals surface area contributed by atoms with E-state index in [2.05, 4.69) is 5.32 Å². The van der Waals surface area contributed by atoms with Gasteiger partial charge in [0, 0.05) is 38.7 Å². The van der Waals surface area contributed by atoms with Gasteiger partial charge in [-0.25, -0.2) is 4.39 Å². The van der Waals surface area contributed by atoms with Gasteiger partial charge in [-0.05, 0) is 49.8 Å². The van der Waals surface area contributed by atoms with Crippen molar-refractivity contribution in [3.8, 4) is 22.6 Å². The van der Waals surface area contributed by atoms with Crippen molar-refractivity contribution >= 4 is 39.7 Å². The Labute approximate surface area is 201 Å². The summed E-state index contributed by atoms with van der Waals surface area (Å²) in [6.45, 7) is 3.69. The van der Waals surface area contributed by atoms with E-state index < -0.39 is 11.7 Å². The van der Waals surface area contributed by atoms with Crippen molar-refractivity contribution in [2.24, 2.45) is 0 Å². The Morgan fingerprint density at radius 2 is 1.85 bits per heavy atom. The average molecular weight is 480 g/mol. The fourth-order valence-corrected chi connectivity index (χ4v) is 4.14. The Morgan fingerprint density at radius 3 is 2.56 bits per heavy atom. The van der Waals surface area contributed by atoms with E-state index in [1.54, 1.807) is 27.4 Å². The third kappa shape index (κ3) is 4.37. The number of carbonyl (C=O) groups is 1. The van der Waals surface area contributed by atoms with Crippen LogP contribution < -0.4 is 14.8 Å². The number of para-hydroxylation sites is 1. The number of furan rings is 1. The summed E-state index contributed by atoms with van der Waals surface area (Å²) in [5.41, 5.74) is 4.63. The highest BCUT2D eigenvalue weighted by atomic mass is 35.5. The van der Waals surface area contributed by atoms with Gasteiger partial charge in [-0.1, -0.05) is 29.8 Å². The number of nitrogens with one attached hydrogen (secondary N) is 1. The van der Waals surface area contributed by atoms with Gasteiger partial charge in [0.05, 0.1) is 26.2 Å². The highest BCUT2D eigenvalue weighted by molar-refractivity contribution is 6.30. The number of fused-ring (bicyclic) bond motifs is 1. The monoisotopic (exact) mass is 479 g/mol. The second-order valence-electron chi connectivity index (χ2n) is 7.75. The van der Waals surface area contributed by atoms with Gasteiger partial charge in [0.2, 0.25) is 5.91 Å². The SMILES string of the molecule is COc1ccccc1-c1coc2c(C)c(OC)c(/C(C)=C/C(=O)Nc3ccc(Cl)cc3F)cc12. The van der Waals surface area contributed by atoms with E-state index >= 15 is 0 Å². The zero-order valence-electron chi connectivity index (χ0n) is 19.2. The lowest BCUT2D eigenvalue weighted by atomic mass is 9.96. The van der Waals surface area contributed by atoms with Crippen LogP contribution in [0, 0.1) is 12.7 Å². The maximum Gasteiger partial charge on any atom is 0.248 e. The van der Waals surface area contributed by atoms with E-state index in [9.17, 15) is 9.18 Å². The summed E-state index contributed by atoms with van der Waals surface area (Å²) in [6.07, 6.45) is 3.09. The van der Waals surface area contributed by atoms with E-state index in [0.717, 1.165) is 39.5 Å². The summed E-state index contributed by atoms with van der Waals surface area (Å²) in [7, 11) is 3.19. The molecule has 0 radical (unpaired) electrons. The van der Waals surface area contributed by atoms with Crippen LogP contribution in [0.5, 0.6) is 11.5 Å². The lowest BCUT2D eigenvalue weighted by Crippen LogP contribution is -2.10. The number of methoxy groups -OCH3 is 2. The molecule has 0 spiro atoms. The minimum absolute atomic E-state index is 0.0466. The predicted octanol–water partition coefficient (Wildman–Crippen LogP) is 7.26. The first-order valence-electron chi connectivity index (χ1n) is 10.5. The van der Waals surface area contributed by atoms with Crippen molar-refractivity contribution in [1.82, 2.24) is 0 Å². The summed E-state index contributed by atoms with van der Waals surface area (Å²) in [5.74, 6) is 0.224. The number of aryl methyl sites for hydroxylation is 1. The molecule has 0 unspecified atom stereocenters. The summed E-state index contributed by atoms with van der Waals surface area (Å²) >= 11 is 5.79. The Bertz CT molecular complexity index is 1420. The van der Waals surface area contributed by atoms with Crippen LogP contribution in [0.3, 0.4) is 0 Å². The molecular formula is C27H23ClFNO4. The largest absolute Gasteiger partial charge is 0.496 e. The lowest BCUT2D eigenvalue weighted by molar-refractivity contribution is -0.111. The van der Waals surface area contributed by atoms with E-state index in [0.29, 0.717) is 16.9 Å². The second-order valence-corrected chi connectivity index (χ2v) is 8.19. The number of carbonyl (C=O) groups excluding carboxylic acids is 1.